The predicted molar refractivity (Wildman–Crippen MR) is 29.1 cm³/mol. The summed E-state index contributed by atoms with van der Waals surface area (Å²) in [4.78, 5) is 0. The molecule has 0 unspecified atom stereocenters. The molecule has 1 rings (SSSR count). The molecule has 0 amide bonds. The molecule has 1 radical (unpaired) electrons. The van der Waals surface area contributed by atoms with Gasteiger partial charge in [0, 0.05) is 6.54 Å². The molecule has 1 saturated heterocycles. The smallest absolute Gasteiger partial charge is 0.0623 e. The summed E-state index contributed by atoms with van der Waals surface area (Å²) in [6, 6.07) is 0. The lowest BCUT2D eigenvalue weighted by Crippen LogP contribution is -2.20. The first kappa shape index (κ1) is 5.06. The first-order chi connectivity index (χ1) is 3.50. The minimum atomic E-state index is 0.875. The van der Waals surface area contributed by atoms with Gasteiger partial charge >= 0.3 is 0 Å². The zero-order chi connectivity index (χ0) is 4.95. The van der Waals surface area contributed by atoms with Crippen molar-refractivity contribution in [1.82, 2.24) is 10.6 Å². The molecule has 0 aromatic carbocycles. The lowest BCUT2D eigenvalue weighted by Gasteiger charge is -1.92. The van der Waals surface area contributed by atoms with E-state index < -0.39 is 0 Å². The highest BCUT2D eigenvalue weighted by Gasteiger charge is 1.93. The van der Waals surface area contributed by atoms with E-state index in [1.165, 1.54) is 12.8 Å². The molecule has 0 spiro atoms. The quantitative estimate of drug-likeness (QED) is 0.452. The average Bonchev–Trinajstić information content (AvgIpc) is 1.90. The van der Waals surface area contributed by atoms with Crippen molar-refractivity contribution < 1.29 is 0 Å². The van der Waals surface area contributed by atoms with Gasteiger partial charge in [-0.1, -0.05) is 0 Å². The van der Waals surface area contributed by atoms with Crippen molar-refractivity contribution in [3.63, 3.8) is 0 Å². The summed E-state index contributed by atoms with van der Waals surface area (Å²) in [6.07, 6.45) is 2.57. The standard InChI is InChI=1S/C5H11N2/c1-2-4-7-5-6-3-1/h6H,1-5H2. The summed E-state index contributed by atoms with van der Waals surface area (Å²) in [5.41, 5.74) is 0. The minimum Gasteiger partial charge on any atom is -0.303 e. The van der Waals surface area contributed by atoms with Gasteiger partial charge < -0.3 is 5.32 Å². The van der Waals surface area contributed by atoms with Gasteiger partial charge in [0.05, 0.1) is 6.67 Å². The summed E-state index contributed by atoms with van der Waals surface area (Å²) < 4.78 is 0. The molecule has 0 bridgehead atoms. The molecule has 1 fully saturated rings. The van der Waals surface area contributed by atoms with Crippen molar-refractivity contribution in [3.05, 3.63) is 0 Å². The van der Waals surface area contributed by atoms with Crippen LogP contribution >= 0.6 is 0 Å². The lowest BCUT2D eigenvalue weighted by molar-refractivity contribution is 0.640. The molecule has 2 nitrogen and oxygen atoms in total. The predicted octanol–water partition coefficient (Wildman–Crippen LogP) is -0.0683. The number of hydrogen-bond donors (Lipinski definition) is 1. The Morgan fingerprint density at radius 2 is 2.29 bits per heavy atom. The Hall–Kier alpha value is -0.0800. The van der Waals surface area contributed by atoms with Gasteiger partial charge in [0.15, 0.2) is 0 Å². The molecule has 1 N–H and O–H groups in total. The number of nitrogens with zero attached hydrogens (tertiary/aromatic N) is 1. The average molecular weight is 99.2 g/mol. The second kappa shape index (κ2) is 2.99. The third-order valence-corrected chi connectivity index (χ3v) is 1.14. The Morgan fingerprint density at radius 3 is 3.29 bits per heavy atom. The first-order valence-corrected chi connectivity index (χ1v) is 2.84. The highest BCUT2D eigenvalue weighted by Crippen LogP contribution is 1.87. The fourth-order valence-corrected chi connectivity index (χ4v) is 0.711. The molecule has 2 heteroatoms. The molecule has 7 heavy (non-hydrogen) atoms. The number of nitrogens with one attached hydrogen (secondary N) is 1. The van der Waals surface area contributed by atoms with E-state index in [9.17, 15) is 0 Å². The van der Waals surface area contributed by atoms with Crippen LogP contribution in [-0.2, 0) is 0 Å². The van der Waals surface area contributed by atoms with E-state index in [1.54, 1.807) is 0 Å². The topological polar surface area (TPSA) is 26.1 Å². The van der Waals surface area contributed by atoms with Gasteiger partial charge in [-0.2, -0.15) is 0 Å². The van der Waals surface area contributed by atoms with E-state index in [0.29, 0.717) is 0 Å². The minimum absolute atomic E-state index is 0.875. The van der Waals surface area contributed by atoms with Crippen LogP contribution in [0.3, 0.4) is 0 Å². The van der Waals surface area contributed by atoms with E-state index in [1.807, 2.05) is 0 Å². The van der Waals surface area contributed by atoms with Crippen molar-refractivity contribution in [2.75, 3.05) is 19.8 Å². The summed E-state index contributed by atoms with van der Waals surface area (Å²) in [5.74, 6) is 0. The van der Waals surface area contributed by atoms with Crippen LogP contribution in [0.25, 0.3) is 0 Å². The van der Waals surface area contributed by atoms with Crippen LogP contribution in [0.4, 0.5) is 0 Å². The molecular weight excluding hydrogens is 88.1 g/mol. The summed E-state index contributed by atoms with van der Waals surface area (Å²) >= 11 is 0. The molecule has 0 aromatic heterocycles. The molecule has 0 aromatic rings. The monoisotopic (exact) mass is 99.1 g/mol. The fourth-order valence-electron chi connectivity index (χ4n) is 0.711. The van der Waals surface area contributed by atoms with Crippen LogP contribution in [0, 0.1) is 0 Å². The third kappa shape index (κ3) is 1.90. The van der Waals surface area contributed by atoms with Gasteiger partial charge in [0.1, 0.15) is 0 Å². The van der Waals surface area contributed by atoms with Crippen molar-refractivity contribution in [2.24, 2.45) is 0 Å². The molecule has 1 heterocycles. The zero-order valence-corrected chi connectivity index (χ0v) is 4.48. The fraction of sp³-hybridized carbons (Fsp3) is 1.00. The maximum absolute atomic E-state index is 4.16. The highest BCUT2D eigenvalue weighted by molar-refractivity contribution is 4.53. The van der Waals surface area contributed by atoms with Crippen LogP contribution in [0.1, 0.15) is 12.8 Å². The second-order valence-corrected chi connectivity index (χ2v) is 1.81. The van der Waals surface area contributed by atoms with E-state index in [2.05, 4.69) is 10.6 Å². The van der Waals surface area contributed by atoms with Crippen LogP contribution in [-0.4, -0.2) is 19.8 Å². The van der Waals surface area contributed by atoms with Crippen LogP contribution in [0.15, 0.2) is 0 Å². The third-order valence-electron chi connectivity index (χ3n) is 1.14. The van der Waals surface area contributed by atoms with Crippen molar-refractivity contribution >= 4 is 0 Å². The van der Waals surface area contributed by atoms with Gasteiger partial charge in [0.2, 0.25) is 0 Å². The Kier molecular flexibility index (Phi) is 2.17. The maximum Gasteiger partial charge on any atom is 0.0623 e. The van der Waals surface area contributed by atoms with Crippen LogP contribution < -0.4 is 10.6 Å². The van der Waals surface area contributed by atoms with Gasteiger partial charge in [-0.15, -0.1) is 0 Å². The second-order valence-electron chi connectivity index (χ2n) is 1.81. The summed E-state index contributed by atoms with van der Waals surface area (Å²) in [7, 11) is 0. The van der Waals surface area contributed by atoms with Gasteiger partial charge in [-0.3, -0.25) is 0 Å². The summed E-state index contributed by atoms with van der Waals surface area (Å²) in [6.45, 7) is 3.09. The highest BCUT2D eigenvalue weighted by atomic mass is 15.1. The molecule has 0 saturated carbocycles. The molecule has 1 aliphatic heterocycles. The first-order valence-electron chi connectivity index (χ1n) is 2.84. The van der Waals surface area contributed by atoms with Gasteiger partial charge in [-0.25, -0.2) is 5.32 Å². The zero-order valence-electron chi connectivity index (χ0n) is 4.48. The molecule has 0 aliphatic carbocycles. The Balaban J connectivity index is 2.04. The van der Waals surface area contributed by atoms with E-state index in [-0.39, 0.29) is 0 Å². The van der Waals surface area contributed by atoms with E-state index in [4.69, 9.17) is 0 Å². The normalized spacial score (nSPS) is 24.0. The maximum atomic E-state index is 4.16. The van der Waals surface area contributed by atoms with Gasteiger partial charge in [-0.05, 0) is 19.4 Å². The van der Waals surface area contributed by atoms with Crippen LogP contribution in [0.5, 0.6) is 0 Å². The van der Waals surface area contributed by atoms with Crippen molar-refractivity contribution in [3.8, 4) is 0 Å². The van der Waals surface area contributed by atoms with E-state index >= 15 is 0 Å². The molecular formula is C5H11N2. The molecule has 1 aliphatic rings. The Labute approximate surface area is 44.3 Å². The SMILES string of the molecule is C1CCNC[N]C1. The molecule has 0 atom stereocenters. The Morgan fingerprint density at radius 1 is 1.29 bits per heavy atom. The summed E-state index contributed by atoms with van der Waals surface area (Å²) in [5, 5.41) is 7.34. The number of rotatable bonds is 0. The lowest BCUT2D eigenvalue weighted by atomic mass is 10.3. The van der Waals surface area contributed by atoms with Crippen molar-refractivity contribution in [1.29, 1.82) is 0 Å². The van der Waals surface area contributed by atoms with E-state index in [0.717, 1.165) is 19.8 Å². The number of hydrogen-bond acceptors (Lipinski definition) is 1. The van der Waals surface area contributed by atoms with Gasteiger partial charge in [0.25, 0.3) is 0 Å². The Bertz CT molecular complexity index is 25.7. The molecule has 41 valence electrons. The largest absolute Gasteiger partial charge is 0.303 e. The van der Waals surface area contributed by atoms with Crippen LogP contribution in [0.2, 0.25) is 0 Å². The van der Waals surface area contributed by atoms with Crippen molar-refractivity contribution in [2.45, 2.75) is 12.8 Å².